The molecule has 2 rings (SSSR count). The summed E-state index contributed by atoms with van der Waals surface area (Å²) in [5.74, 6) is -0.107. The van der Waals surface area contributed by atoms with Crippen LogP contribution in [0.2, 0.25) is 0 Å². The van der Waals surface area contributed by atoms with E-state index in [2.05, 4.69) is 10.4 Å². The topological polar surface area (TPSA) is 46.9 Å². The molecule has 0 aliphatic rings. The largest absolute Gasteiger partial charge is 0.433 e. The molecule has 0 bridgehead atoms. The van der Waals surface area contributed by atoms with E-state index in [-0.39, 0.29) is 11.6 Å². The van der Waals surface area contributed by atoms with Gasteiger partial charge in [-0.05, 0) is 36.8 Å². The maximum Gasteiger partial charge on any atom is 0.433 e. The summed E-state index contributed by atoms with van der Waals surface area (Å²) < 4.78 is 39.3. The molecule has 0 atom stereocenters. The fourth-order valence-electron chi connectivity index (χ4n) is 1.97. The normalized spacial score (nSPS) is 11.5. The van der Waals surface area contributed by atoms with Crippen molar-refractivity contribution in [3.05, 3.63) is 42.2 Å². The van der Waals surface area contributed by atoms with Gasteiger partial charge >= 0.3 is 6.18 Å². The Hall–Kier alpha value is -2.31. The molecule has 0 saturated heterocycles. The van der Waals surface area contributed by atoms with Gasteiger partial charge in [0.1, 0.15) is 5.69 Å². The zero-order valence-electron chi connectivity index (χ0n) is 12.0. The van der Waals surface area contributed by atoms with Crippen molar-refractivity contribution in [1.29, 1.82) is 0 Å². The Morgan fingerprint density at radius 3 is 2.50 bits per heavy atom. The van der Waals surface area contributed by atoms with Crippen LogP contribution in [0.1, 0.15) is 31.9 Å². The minimum absolute atomic E-state index is 0.107. The molecule has 0 aliphatic heterocycles. The van der Waals surface area contributed by atoms with Crippen molar-refractivity contribution in [2.24, 2.45) is 0 Å². The fourth-order valence-corrected chi connectivity index (χ4v) is 1.97. The Morgan fingerprint density at radius 1 is 1.23 bits per heavy atom. The summed E-state index contributed by atoms with van der Waals surface area (Å²) in [5, 5.41) is 6.40. The van der Waals surface area contributed by atoms with Crippen LogP contribution in [-0.2, 0) is 11.0 Å². The van der Waals surface area contributed by atoms with E-state index < -0.39 is 11.9 Å². The maximum atomic E-state index is 12.8. The number of carbonyl (C=O) groups is 1. The second kappa shape index (κ2) is 6.64. The number of rotatable bonds is 5. The van der Waals surface area contributed by atoms with Crippen LogP contribution in [0.25, 0.3) is 5.69 Å². The molecule has 0 radical (unpaired) electrons. The lowest BCUT2D eigenvalue weighted by Crippen LogP contribution is -2.13. The monoisotopic (exact) mass is 311 g/mol. The summed E-state index contributed by atoms with van der Waals surface area (Å²) >= 11 is 0. The molecule has 1 aromatic carbocycles. The van der Waals surface area contributed by atoms with Crippen LogP contribution in [0, 0.1) is 0 Å². The Bertz CT molecular complexity index is 632. The third kappa shape index (κ3) is 3.87. The minimum Gasteiger partial charge on any atom is -0.326 e. The van der Waals surface area contributed by atoms with Gasteiger partial charge in [-0.3, -0.25) is 4.79 Å². The lowest BCUT2D eigenvalue weighted by atomic mass is 10.2. The van der Waals surface area contributed by atoms with Crippen molar-refractivity contribution in [1.82, 2.24) is 9.78 Å². The Labute approximate surface area is 125 Å². The van der Waals surface area contributed by atoms with Gasteiger partial charge in [0.25, 0.3) is 0 Å². The molecule has 0 saturated carbocycles. The number of carbonyl (C=O) groups excluding carboxylic acids is 1. The van der Waals surface area contributed by atoms with Gasteiger partial charge in [0.2, 0.25) is 5.91 Å². The van der Waals surface area contributed by atoms with Crippen molar-refractivity contribution in [2.45, 2.75) is 32.4 Å². The lowest BCUT2D eigenvalue weighted by molar-refractivity contribution is -0.142. The summed E-state index contributed by atoms with van der Waals surface area (Å²) in [6, 6.07) is 7.00. The Kier molecular flexibility index (Phi) is 4.85. The summed E-state index contributed by atoms with van der Waals surface area (Å²) in [6.45, 7) is 1.99. The average molecular weight is 311 g/mol. The standard InChI is InChI=1S/C15H16F3N3O/c1-2-3-4-14(22)20-11-5-7-12(8-6-11)21-13(9-10-19-21)15(16,17)18/h5-10H,2-4H2,1H3,(H,20,22). The number of anilines is 1. The van der Waals surface area contributed by atoms with Crippen molar-refractivity contribution in [2.75, 3.05) is 5.32 Å². The molecule has 2 aromatic rings. The molecule has 118 valence electrons. The molecule has 1 aromatic heterocycles. The van der Waals surface area contributed by atoms with Gasteiger partial charge in [-0.15, -0.1) is 0 Å². The highest BCUT2D eigenvalue weighted by atomic mass is 19.4. The molecule has 0 unspecified atom stereocenters. The molecule has 0 fully saturated rings. The van der Waals surface area contributed by atoms with Crippen molar-refractivity contribution in [3.63, 3.8) is 0 Å². The first-order valence-electron chi connectivity index (χ1n) is 6.93. The number of nitrogens with zero attached hydrogens (tertiary/aromatic N) is 2. The van der Waals surface area contributed by atoms with E-state index >= 15 is 0 Å². The molecule has 1 amide bonds. The zero-order valence-corrected chi connectivity index (χ0v) is 12.0. The summed E-state index contributed by atoms with van der Waals surface area (Å²) in [6.07, 6.45) is -1.22. The molecule has 7 heteroatoms. The Balaban J connectivity index is 2.13. The summed E-state index contributed by atoms with van der Waals surface area (Å²) in [4.78, 5) is 11.6. The predicted molar refractivity (Wildman–Crippen MR) is 76.7 cm³/mol. The van der Waals surface area contributed by atoms with Crippen LogP contribution >= 0.6 is 0 Å². The number of aromatic nitrogens is 2. The van der Waals surface area contributed by atoms with Gasteiger partial charge in [-0.2, -0.15) is 18.3 Å². The van der Waals surface area contributed by atoms with Gasteiger partial charge in [0, 0.05) is 12.1 Å². The van der Waals surface area contributed by atoms with E-state index in [4.69, 9.17) is 0 Å². The van der Waals surface area contributed by atoms with Crippen molar-refractivity contribution >= 4 is 11.6 Å². The third-order valence-corrected chi connectivity index (χ3v) is 3.09. The first-order chi connectivity index (χ1) is 10.4. The molecule has 1 heterocycles. The number of halogens is 3. The minimum atomic E-state index is -4.47. The van der Waals surface area contributed by atoms with Crippen LogP contribution < -0.4 is 5.32 Å². The van der Waals surface area contributed by atoms with Gasteiger partial charge in [0.15, 0.2) is 0 Å². The van der Waals surface area contributed by atoms with E-state index in [0.29, 0.717) is 12.1 Å². The highest BCUT2D eigenvalue weighted by molar-refractivity contribution is 5.90. The van der Waals surface area contributed by atoms with E-state index in [0.717, 1.165) is 29.8 Å². The van der Waals surface area contributed by atoms with E-state index in [1.165, 1.54) is 12.1 Å². The van der Waals surface area contributed by atoms with Crippen LogP contribution in [0.4, 0.5) is 18.9 Å². The van der Waals surface area contributed by atoms with Crippen LogP contribution in [0.3, 0.4) is 0 Å². The highest BCUT2D eigenvalue weighted by Crippen LogP contribution is 2.30. The third-order valence-electron chi connectivity index (χ3n) is 3.09. The van der Waals surface area contributed by atoms with Gasteiger partial charge in [0.05, 0.1) is 11.9 Å². The number of hydrogen-bond acceptors (Lipinski definition) is 2. The molecular weight excluding hydrogens is 295 g/mol. The number of hydrogen-bond donors (Lipinski definition) is 1. The molecule has 4 nitrogen and oxygen atoms in total. The second-order valence-corrected chi connectivity index (χ2v) is 4.82. The number of unbranched alkanes of at least 4 members (excludes halogenated alkanes) is 1. The number of benzene rings is 1. The van der Waals surface area contributed by atoms with Crippen LogP contribution in [-0.4, -0.2) is 15.7 Å². The average Bonchev–Trinajstić information content (AvgIpc) is 2.95. The van der Waals surface area contributed by atoms with E-state index in [9.17, 15) is 18.0 Å². The first kappa shape index (κ1) is 16.1. The summed E-state index contributed by atoms with van der Waals surface area (Å²) in [5.41, 5.74) is -0.0123. The maximum absolute atomic E-state index is 12.8. The molecular formula is C15H16F3N3O. The van der Waals surface area contributed by atoms with Crippen LogP contribution in [0.5, 0.6) is 0 Å². The molecule has 22 heavy (non-hydrogen) atoms. The van der Waals surface area contributed by atoms with Gasteiger partial charge in [-0.25, -0.2) is 4.68 Å². The molecule has 0 spiro atoms. The van der Waals surface area contributed by atoms with Gasteiger partial charge in [-0.1, -0.05) is 13.3 Å². The van der Waals surface area contributed by atoms with E-state index in [1.807, 2.05) is 6.92 Å². The van der Waals surface area contributed by atoms with Crippen molar-refractivity contribution < 1.29 is 18.0 Å². The van der Waals surface area contributed by atoms with Crippen LogP contribution in [0.15, 0.2) is 36.5 Å². The summed E-state index contributed by atoms with van der Waals surface area (Å²) in [7, 11) is 0. The molecule has 0 aliphatic carbocycles. The molecule has 1 N–H and O–H groups in total. The highest BCUT2D eigenvalue weighted by Gasteiger charge is 2.35. The van der Waals surface area contributed by atoms with Crippen molar-refractivity contribution in [3.8, 4) is 5.69 Å². The SMILES string of the molecule is CCCCC(=O)Nc1ccc(-n2nccc2C(F)(F)F)cc1. The number of nitrogens with one attached hydrogen (secondary N) is 1. The zero-order chi connectivity index (χ0) is 16.2. The second-order valence-electron chi connectivity index (χ2n) is 4.82. The lowest BCUT2D eigenvalue weighted by Gasteiger charge is -2.11. The Morgan fingerprint density at radius 2 is 1.91 bits per heavy atom. The number of alkyl halides is 3. The van der Waals surface area contributed by atoms with Gasteiger partial charge < -0.3 is 5.32 Å². The quantitative estimate of drug-likeness (QED) is 0.906. The van der Waals surface area contributed by atoms with E-state index in [1.54, 1.807) is 12.1 Å². The first-order valence-corrected chi connectivity index (χ1v) is 6.93. The number of amides is 1. The smallest absolute Gasteiger partial charge is 0.326 e. The predicted octanol–water partition coefficient (Wildman–Crippen LogP) is 4.02. The fraction of sp³-hybridized carbons (Fsp3) is 0.333.